The summed E-state index contributed by atoms with van der Waals surface area (Å²) in [5, 5.41) is 2.19. The van der Waals surface area contributed by atoms with E-state index < -0.39 is 0 Å². The Bertz CT molecular complexity index is 1010. The summed E-state index contributed by atoms with van der Waals surface area (Å²) in [5.41, 5.74) is 3.37. The van der Waals surface area contributed by atoms with Crippen LogP contribution in [-0.2, 0) is 24.3 Å². The summed E-state index contributed by atoms with van der Waals surface area (Å²) >= 11 is 1.81. The van der Waals surface area contributed by atoms with E-state index in [4.69, 9.17) is 14.5 Å². The number of nitrogens with zero attached hydrogens (tertiary/aromatic N) is 5. The zero-order valence-corrected chi connectivity index (χ0v) is 18.3. The molecule has 2 aliphatic heterocycles. The maximum absolute atomic E-state index is 5.90. The second-order valence-corrected chi connectivity index (χ2v) is 9.26. The van der Waals surface area contributed by atoms with Gasteiger partial charge in [-0.05, 0) is 32.0 Å². The molecule has 158 valence electrons. The molecule has 4 heterocycles. The molecule has 1 fully saturated rings. The van der Waals surface area contributed by atoms with Gasteiger partial charge in [0.1, 0.15) is 11.3 Å². The van der Waals surface area contributed by atoms with Crippen molar-refractivity contribution in [2.75, 3.05) is 37.7 Å². The van der Waals surface area contributed by atoms with Gasteiger partial charge in [0.05, 0.1) is 47.3 Å². The largest absolute Gasteiger partial charge is 0.474 e. The zero-order valence-electron chi connectivity index (χ0n) is 17.5. The number of benzene rings is 1. The van der Waals surface area contributed by atoms with Crippen molar-refractivity contribution < 1.29 is 9.47 Å². The summed E-state index contributed by atoms with van der Waals surface area (Å²) in [6.07, 6.45) is 2.60. The van der Waals surface area contributed by atoms with Gasteiger partial charge in [0, 0.05) is 38.3 Å². The fourth-order valence-electron chi connectivity index (χ4n) is 4.04. The van der Waals surface area contributed by atoms with Gasteiger partial charge in [0.15, 0.2) is 0 Å². The molecule has 3 aromatic rings. The molecule has 30 heavy (non-hydrogen) atoms. The van der Waals surface area contributed by atoms with Crippen LogP contribution in [0, 0.1) is 0 Å². The number of fused-ring (bicyclic) bond motifs is 2. The maximum atomic E-state index is 5.90. The van der Waals surface area contributed by atoms with Crippen LogP contribution in [0.3, 0.4) is 0 Å². The lowest BCUT2D eigenvalue weighted by atomic mass is 10.2. The van der Waals surface area contributed by atoms with Gasteiger partial charge in [0.25, 0.3) is 0 Å². The smallest absolute Gasteiger partial charge is 0.224 e. The number of hydrogen-bond donors (Lipinski definition) is 0. The molecule has 1 saturated heterocycles. The molecule has 0 atom stereocenters. The quantitative estimate of drug-likeness (QED) is 0.622. The van der Waals surface area contributed by atoms with Crippen molar-refractivity contribution in [3.05, 3.63) is 40.1 Å². The standard InChI is InChI=1S/C22H27N5O2S/c1-15(2)29-22-17-11-16(3-4-18(17)23-14-24-22)27-8-6-26(7-9-27)12-21-25-19-5-10-28-13-20(19)30-21/h3-4,11,14-15H,5-10,12-13H2,1-2H3. The number of thiazole rings is 1. The Morgan fingerprint density at radius 2 is 2.03 bits per heavy atom. The van der Waals surface area contributed by atoms with Crippen molar-refractivity contribution in [1.82, 2.24) is 19.9 Å². The van der Waals surface area contributed by atoms with E-state index in [0.29, 0.717) is 5.88 Å². The summed E-state index contributed by atoms with van der Waals surface area (Å²) in [6.45, 7) is 10.5. The highest BCUT2D eigenvalue weighted by atomic mass is 32.1. The Balaban J connectivity index is 1.26. The summed E-state index contributed by atoms with van der Waals surface area (Å²) in [6, 6.07) is 6.38. The van der Waals surface area contributed by atoms with Gasteiger partial charge in [-0.2, -0.15) is 0 Å². The molecule has 0 bridgehead atoms. The number of rotatable bonds is 5. The molecular formula is C22H27N5O2S. The topological polar surface area (TPSA) is 63.6 Å². The molecule has 0 amide bonds. The van der Waals surface area contributed by atoms with Gasteiger partial charge in [-0.3, -0.25) is 4.90 Å². The average Bonchev–Trinajstić information content (AvgIpc) is 3.16. The first-order valence-corrected chi connectivity index (χ1v) is 11.4. The van der Waals surface area contributed by atoms with E-state index >= 15 is 0 Å². The van der Waals surface area contributed by atoms with Gasteiger partial charge in [0.2, 0.25) is 5.88 Å². The van der Waals surface area contributed by atoms with Crippen molar-refractivity contribution in [2.45, 2.75) is 39.5 Å². The number of ether oxygens (including phenoxy) is 2. The van der Waals surface area contributed by atoms with Crippen LogP contribution in [0.15, 0.2) is 24.5 Å². The van der Waals surface area contributed by atoms with Crippen molar-refractivity contribution in [1.29, 1.82) is 0 Å². The summed E-state index contributed by atoms with van der Waals surface area (Å²) in [5.74, 6) is 0.659. The molecule has 7 nitrogen and oxygen atoms in total. The molecule has 0 N–H and O–H groups in total. The normalized spacial score (nSPS) is 17.5. The number of aromatic nitrogens is 3. The van der Waals surface area contributed by atoms with E-state index in [9.17, 15) is 0 Å². The molecule has 5 rings (SSSR count). The van der Waals surface area contributed by atoms with Crippen molar-refractivity contribution in [3.63, 3.8) is 0 Å². The van der Waals surface area contributed by atoms with Crippen molar-refractivity contribution in [3.8, 4) is 5.88 Å². The van der Waals surface area contributed by atoms with Crippen LogP contribution >= 0.6 is 11.3 Å². The fourth-order valence-corrected chi connectivity index (χ4v) is 5.13. The third-order valence-electron chi connectivity index (χ3n) is 5.56. The van der Waals surface area contributed by atoms with Crippen LogP contribution in [0.1, 0.15) is 29.4 Å². The summed E-state index contributed by atoms with van der Waals surface area (Å²) in [7, 11) is 0. The number of piperazine rings is 1. The van der Waals surface area contributed by atoms with E-state index in [2.05, 4.69) is 38.0 Å². The van der Waals surface area contributed by atoms with Crippen LogP contribution in [0.4, 0.5) is 5.69 Å². The lowest BCUT2D eigenvalue weighted by molar-refractivity contribution is 0.112. The van der Waals surface area contributed by atoms with Gasteiger partial charge in [-0.25, -0.2) is 15.0 Å². The van der Waals surface area contributed by atoms with Gasteiger partial charge < -0.3 is 14.4 Å². The Morgan fingerprint density at radius 1 is 1.17 bits per heavy atom. The van der Waals surface area contributed by atoms with Crippen molar-refractivity contribution in [2.24, 2.45) is 0 Å². The third kappa shape index (κ3) is 4.12. The Kier molecular flexibility index (Phi) is 5.54. The zero-order chi connectivity index (χ0) is 20.5. The van der Waals surface area contributed by atoms with Gasteiger partial charge in [-0.1, -0.05) is 0 Å². The SMILES string of the molecule is CC(C)Oc1ncnc2ccc(N3CCN(Cc4nc5c(s4)COCC5)CC3)cc12. The molecule has 0 saturated carbocycles. The first kappa shape index (κ1) is 19.7. The minimum Gasteiger partial charge on any atom is -0.474 e. The van der Waals surface area contributed by atoms with Crippen LogP contribution in [0.2, 0.25) is 0 Å². The molecule has 0 aliphatic carbocycles. The highest BCUT2D eigenvalue weighted by Crippen LogP contribution is 2.29. The minimum absolute atomic E-state index is 0.0818. The molecular weight excluding hydrogens is 398 g/mol. The van der Waals surface area contributed by atoms with Gasteiger partial charge >= 0.3 is 0 Å². The minimum atomic E-state index is 0.0818. The Morgan fingerprint density at radius 3 is 2.83 bits per heavy atom. The molecule has 2 aliphatic rings. The Hall–Kier alpha value is -2.29. The van der Waals surface area contributed by atoms with Crippen LogP contribution in [0.5, 0.6) is 5.88 Å². The second-order valence-electron chi connectivity index (χ2n) is 8.09. The van der Waals surface area contributed by atoms with Gasteiger partial charge in [-0.15, -0.1) is 11.3 Å². The average molecular weight is 426 g/mol. The lowest BCUT2D eigenvalue weighted by Gasteiger charge is -2.35. The molecule has 2 aromatic heterocycles. The first-order valence-electron chi connectivity index (χ1n) is 10.6. The van der Waals surface area contributed by atoms with E-state index in [1.54, 1.807) is 6.33 Å². The van der Waals surface area contributed by atoms with E-state index in [1.807, 2.05) is 25.2 Å². The number of anilines is 1. The molecule has 0 radical (unpaired) electrons. The predicted molar refractivity (Wildman–Crippen MR) is 118 cm³/mol. The summed E-state index contributed by atoms with van der Waals surface area (Å²) < 4.78 is 11.4. The van der Waals surface area contributed by atoms with Crippen LogP contribution < -0.4 is 9.64 Å². The highest BCUT2D eigenvalue weighted by Gasteiger charge is 2.21. The monoisotopic (exact) mass is 425 g/mol. The molecule has 8 heteroatoms. The van der Waals surface area contributed by atoms with E-state index in [0.717, 1.165) is 63.3 Å². The third-order valence-corrected chi connectivity index (χ3v) is 6.62. The highest BCUT2D eigenvalue weighted by molar-refractivity contribution is 7.11. The first-order chi connectivity index (χ1) is 14.7. The molecule has 0 unspecified atom stereocenters. The molecule has 0 spiro atoms. The summed E-state index contributed by atoms with van der Waals surface area (Å²) in [4.78, 5) is 19.8. The number of hydrogen-bond acceptors (Lipinski definition) is 8. The molecule has 1 aromatic carbocycles. The Labute approximate surface area is 180 Å². The maximum Gasteiger partial charge on any atom is 0.224 e. The van der Waals surface area contributed by atoms with Crippen LogP contribution in [-0.4, -0.2) is 58.7 Å². The second kappa shape index (κ2) is 8.45. The van der Waals surface area contributed by atoms with Crippen molar-refractivity contribution >= 4 is 27.9 Å². The van der Waals surface area contributed by atoms with Crippen LogP contribution in [0.25, 0.3) is 10.9 Å². The lowest BCUT2D eigenvalue weighted by Crippen LogP contribution is -2.45. The fraction of sp³-hybridized carbons (Fsp3) is 0.500. The van der Waals surface area contributed by atoms with E-state index in [-0.39, 0.29) is 6.10 Å². The van der Waals surface area contributed by atoms with E-state index in [1.165, 1.54) is 21.3 Å². The predicted octanol–water partition coefficient (Wildman–Crippen LogP) is 3.27.